The minimum atomic E-state index is -0.138. The second-order valence-corrected chi connectivity index (χ2v) is 6.08. The lowest BCUT2D eigenvalue weighted by Gasteiger charge is -2.16. The molecule has 2 aromatic rings. The highest BCUT2D eigenvalue weighted by molar-refractivity contribution is 7.99. The molecule has 0 amide bonds. The zero-order valence-corrected chi connectivity index (χ0v) is 12.8. The quantitative estimate of drug-likeness (QED) is 0.794. The van der Waals surface area contributed by atoms with Crippen LogP contribution in [-0.2, 0) is 6.42 Å². The molecular formula is C16H17ClFNS. The fourth-order valence-electron chi connectivity index (χ4n) is 1.93. The molecular weight excluding hydrogens is 293 g/mol. The van der Waals surface area contributed by atoms with E-state index in [-0.39, 0.29) is 11.9 Å². The number of nitrogens with one attached hydrogen (secondary N) is 1. The second-order valence-electron chi connectivity index (χ2n) is 4.55. The van der Waals surface area contributed by atoms with Crippen LogP contribution >= 0.6 is 23.4 Å². The third kappa shape index (κ3) is 4.51. The minimum absolute atomic E-state index is 0.138. The van der Waals surface area contributed by atoms with E-state index in [0.717, 1.165) is 21.2 Å². The number of likely N-dealkylation sites (N-methyl/N-ethyl adjacent to an activating group) is 1. The van der Waals surface area contributed by atoms with Crippen molar-refractivity contribution in [1.82, 2.24) is 5.32 Å². The van der Waals surface area contributed by atoms with Gasteiger partial charge in [0.05, 0.1) is 0 Å². The normalized spacial score (nSPS) is 12.3. The lowest BCUT2D eigenvalue weighted by Crippen LogP contribution is -2.30. The first-order valence-corrected chi connectivity index (χ1v) is 7.84. The van der Waals surface area contributed by atoms with Gasteiger partial charge in [0.25, 0.3) is 0 Å². The first kappa shape index (κ1) is 15.4. The Balaban J connectivity index is 1.94. The van der Waals surface area contributed by atoms with E-state index in [9.17, 15) is 4.39 Å². The number of benzene rings is 2. The van der Waals surface area contributed by atoms with Crippen LogP contribution in [0.1, 0.15) is 5.56 Å². The Labute approximate surface area is 128 Å². The molecule has 2 aromatic carbocycles. The zero-order valence-electron chi connectivity index (χ0n) is 11.3. The van der Waals surface area contributed by atoms with Gasteiger partial charge in [0.1, 0.15) is 5.82 Å². The summed E-state index contributed by atoms with van der Waals surface area (Å²) in [7, 11) is 1.91. The Morgan fingerprint density at radius 2 is 2.00 bits per heavy atom. The number of thioether (sulfide) groups is 1. The molecule has 20 heavy (non-hydrogen) atoms. The van der Waals surface area contributed by atoms with E-state index in [1.807, 2.05) is 43.4 Å². The molecule has 0 saturated heterocycles. The summed E-state index contributed by atoms with van der Waals surface area (Å²) >= 11 is 7.69. The van der Waals surface area contributed by atoms with Crippen LogP contribution in [0.15, 0.2) is 53.4 Å². The summed E-state index contributed by atoms with van der Waals surface area (Å²) in [6.45, 7) is 0. The van der Waals surface area contributed by atoms with Gasteiger partial charge in [0.15, 0.2) is 0 Å². The summed E-state index contributed by atoms with van der Waals surface area (Å²) in [5.74, 6) is 0.728. The maximum absolute atomic E-state index is 13.7. The van der Waals surface area contributed by atoms with E-state index < -0.39 is 0 Å². The van der Waals surface area contributed by atoms with Crippen molar-refractivity contribution in [1.29, 1.82) is 0 Å². The van der Waals surface area contributed by atoms with Crippen molar-refractivity contribution in [2.75, 3.05) is 12.8 Å². The number of rotatable bonds is 6. The third-order valence-electron chi connectivity index (χ3n) is 3.08. The molecule has 0 radical (unpaired) electrons. The molecule has 0 bridgehead atoms. The fraction of sp³-hybridized carbons (Fsp3) is 0.250. The Hall–Kier alpha value is -1.03. The smallest absolute Gasteiger partial charge is 0.126 e. The van der Waals surface area contributed by atoms with Crippen LogP contribution in [0.5, 0.6) is 0 Å². The highest BCUT2D eigenvalue weighted by Gasteiger charge is 2.11. The zero-order chi connectivity index (χ0) is 14.4. The van der Waals surface area contributed by atoms with E-state index in [1.54, 1.807) is 17.8 Å². The monoisotopic (exact) mass is 309 g/mol. The molecule has 1 N–H and O–H groups in total. The fourth-order valence-corrected chi connectivity index (χ4v) is 3.25. The van der Waals surface area contributed by atoms with E-state index in [4.69, 9.17) is 11.6 Å². The molecule has 0 aromatic heterocycles. The third-order valence-corrected chi connectivity index (χ3v) is 4.47. The molecule has 0 aliphatic heterocycles. The van der Waals surface area contributed by atoms with Gasteiger partial charge in [-0.05, 0) is 43.3 Å². The van der Waals surface area contributed by atoms with Crippen LogP contribution in [-0.4, -0.2) is 18.8 Å². The predicted octanol–water partition coefficient (Wildman–Crippen LogP) is 4.40. The van der Waals surface area contributed by atoms with Crippen molar-refractivity contribution in [3.05, 3.63) is 64.9 Å². The molecule has 1 atom stereocenters. The van der Waals surface area contributed by atoms with Gasteiger partial charge in [-0.1, -0.05) is 35.9 Å². The van der Waals surface area contributed by atoms with Crippen LogP contribution in [0, 0.1) is 5.82 Å². The van der Waals surface area contributed by atoms with Gasteiger partial charge in [-0.2, -0.15) is 0 Å². The Bertz CT molecular complexity index is 562. The molecule has 1 nitrogen and oxygen atoms in total. The van der Waals surface area contributed by atoms with Gasteiger partial charge in [-0.25, -0.2) is 4.39 Å². The van der Waals surface area contributed by atoms with Gasteiger partial charge >= 0.3 is 0 Å². The Kier molecular flexibility index (Phi) is 5.89. The molecule has 4 heteroatoms. The summed E-state index contributed by atoms with van der Waals surface area (Å²) in [6.07, 6.45) is 0.677. The second kappa shape index (κ2) is 7.67. The lowest BCUT2D eigenvalue weighted by atomic mass is 10.1. The average molecular weight is 310 g/mol. The first-order valence-electron chi connectivity index (χ1n) is 6.48. The van der Waals surface area contributed by atoms with Gasteiger partial charge in [-0.15, -0.1) is 11.8 Å². The van der Waals surface area contributed by atoms with E-state index in [1.165, 1.54) is 6.07 Å². The molecule has 0 saturated carbocycles. The van der Waals surface area contributed by atoms with Crippen molar-refractivity contribution < 1.29 is 4.39 Å². The summed E-state index contributed by atoms with van der Waals surface area (Å²) in [6, 6.07) is 14.9. The molecule has 0 spiro atoms. The minimum Gasteiger partial charge on any atom is -0.316 e. The van der Waals surface area contributed by atoms with Crippen LogP contribution in [0.4, 0.5) is 4.39 Å². The van der Waals surface area contributed by atoms with E-state index >= 15 is 0 Å². The van der Waals surface area contributed by atoms with Gasteiger partial charge in [0.2, 0.25) is 0 Å². The SMILES string of the molecule is CNC(CSc1cccc(Cl)c1)Cc1ccccc1F. The van der Waals surface area contributed by atoms with Crippen molar-refractivity contribution >= 4 is 23.4 Å². The molecule has 106 valence electrons. The summed E-state index contributed by atoms with van der Waals surface area (Å²) in [4.78, 5) is 1.13. The van der Waals surface area contributed by atoms with Crippen molar-refractivity contribution in [2.24, 2.45) is 0 Å². The molecule has 1 unspecified atom stereocenters. The maximum atomic E-state index is 13.7. The summed E-state index contributed by atoms with van der Waals surface area (Å²) in [5, 5.41) is 3.98. The van der Waals surface area contributed by atoms with Crippen LogP contribution in [0.3, 0.4) is 0 Å². The van der Waals surface area contributed by atoms with E-state index in [2.05, 4.69) is 5.32 Å². The largest absolute Gasteiger partial charge is 0.316 e. The van der Waals surface area contributed by atoms with Gasteiger partial charge in [-0.3, -0.25) is 0 Å². The molecule has 0 fully saturated rings. The number of halogens is 2. The highest BCUT2D eigenvalue weighted by atomic mass is 35.5. The molecule has 0 aliphatic rings. The topological polar surface area (TPSA) is 12.0 Å². The lowest BCUT2D eigenvalue weighted by molar-refractivity contribution is 0.568. The van der Waals surface area contributed by atoms with Crippen LogP contribution in [0.25, 0.3) is 0 Å². The van der Waals surface area contributed by atoms with Gasteiger partial charge in [0, 0.05) is 21.7 Å². The van der Waals surface area contributed by atoms with Crippen molar-refractivity contribution in [2.45, 2.75) is 17.4 Å². The van der Waals surface area contributed by atoms with Crippen molar-refractivity contribution in [3.8, 4) is 0 Å². The standard InChI is InChI=1S/C16H17ClFNS/c1-19-14(9-12-5-2-3-8-16(12)18)11-20-15-7-4-6-13(17)10-15/h2-8,10,14,19H,9,11H2,1H3. The Morgan fingerprint density at radius 3 is 2.70 bits per heavy atom. The van der Waals surface area contributed by atoms with Crippen LogP contribution < -0.4 is 5.32 Å². The molecule has 0 heterocycles. The van der Waals surface area contributed by atoms with Gasteiger partial charge < -0.3 is 5.32 Å². The molecule has 0 aliphatic carbocycles. The van der Waals surface area contributed by atoms with Crippen molar-refractivity contribution in [3.63, 3.8) is 0 Å². The number of hydrogen-bond donors (Lipinski definition) is 1. The summed E-state index contributed by atoms with van der Waals surface area (Å²) < 4.78 is 13.7. The maximum Gasteiger partial charge on any atom is 0.126 e. The first-order chi connectivity index (χ1) is 9.69. The molecule has 2 rings (SSSR count). The van der Waals surface area contributed by atoms with E-state index in [0.29, 0.717) is 6.42 Å². The number of hydrogen-bond acceptors (Lipinski definition) is 2. The average Bonchev–Trinajstić information content (AvgIpc) is 2.45. The van der Waals surface area contributed by atoms with Crippen LogP contribution in [0.2, 0.25) is 5.02 Å². The summed E-state index contributed by atoms with van der Waals surface area (Å²) in [5.41, 5.74) is 0.749. The highest BCUT2D eigenvalue weighted by Crippen LogP contribution is 2.23. The Morgan fingerprint density at radius 1 is 1.20 bits per heavy atom. The predicted molar refractivity (Wildman–Crippen MR) is 85.1 cm³/mol.